The molecule has 2 rings (SSSR count). The first-order valence-electron chi connectivity index (χ1n) is 12.2. The molecule has 2 N–H and O–H groups in total. The lowest BCUT2D eigenvalue weighted by atomic mass is 9.73. The van der Waals surface area contributed by atoms with E-state index in [1.54, 1.807) is 6.07 Å². The van der Waals surface area contributed by atoms with Gasteiger partial charge in [0, 0.05) is 11.3 Å². The van der Waals surface area contributed by atoms with Crippen LogP contribution in [0.3, 0.4) is 0 Å². The van der Waals surface area contributed by atoms with Gasteiger partial charge in [0.05, 0.1) is 0 Å². The molecule has 0 atom stereocenters. The van der Waals surface area contributed by atoms with E-state index in [0.717, 1.165) is 27.8 Å². The van der Waals surface area contributed by atoms with Gasteiger partial charge in [-0.1, -0.05) is 93.5 Å². The van der Waals surface area contributed by atoms with Crippen molar-refractivity contribution in [3.8, 4) is 5.75 Å². The normalized spacial score (nSPS) is 12.7. The SMILES string of the molecule is Cc1ccc(OS(=O)(=O)NC(=O)Nc2c(C(C)C)cccc2C(C)C)c(C(C)(C)C)c1C(C)(C)C. The molecule has 0 unspecified atom stereocenters. The lowest BCUT2D eigenvalue weighted by Gasteiger charge is -2.33. The summed E-state index contributed by atoms with van der Waals surface area (Å²) in [6.45, 7) is 22.5. The molecular formula is C28H42N2O4S. The van der Waals surface area contributed by atoms with E-state index in [2.05, 4.69) is 26.1 Å². The van der Waals surface area contributed by atoms with Crippen molar-refractivity contribution in [2.45, 2.75) is 98.8 Å². The third-order valence-corrected chi connectivity index (χ3v) is 6.74. The predicted molar refractivity (Wildman–Crippen MR) is 145 cm³/mol. The second-order valence-electron chi connectivity index (χ2n) is 11.8. The van der Waals surface area contributed by atoms with Gasteiger partial charge in [0.1, 0.15) is 5.75 Å². The van der Waals surface area contributed by atoms with Crippen LogP contribution in [-0.2, 0) is 21.1 Å². The summed E-state index contributed by atoms with van der Waals surface area (Å²) < 4.78 is 33.5. The van der Waals surface area contributed by atoms with Gasteiger partial charge in [0.25, 0.3) is 0 Å². The number of rotatable bonds is 6. The third-order valence-electron chi connectivity index (χ3n) is 5.90. The maximum atomic E-state index is 13.0. The Bertz CT molecular complexity index is 1160. The number of amides is 2. The summed E-state index contributed by atoms with van der Waals surface area (Å²) in [6, 6.07) is 8.48. The first-order valence-corrected chi connectivity index (χ1v) is 13.6. The quantitative estimate of drug-likeness (QED) is 0.435. The molecule has 0 saturated heterocycles. The second kappa shape index (κ2) is 10.2. The average molecular weight is 503 g/mol. The van der Waals surface area contributed by atoms with Crippen LogP contribution < -0.4 is 14.2 Å². The number of anilines is 1. The van der Waals surface area contributed by atoms with E-state index >= 15 is 0 Å². The van der Waals surface area contributed by atoms with Gasteiger partial charge in [0.15, 0.2) is 0 Å². The fourth-order valence-corrected chi connectivity index (χ4v) is 5.25. The largest absolute Gasteiger partial charge is 0.411 e. The van der Waals surface area contributed by atoms with Gasteiger partial charge < -0.3 is 9.50 Å². The summed E-state index contributed by atoms with van der Waals surface area (Å²) in [5.74, 6) is 0.517. The highest BCUT2D eigenvalue weighted by Crippen LogP contribution is 2.42. The molecule has 7 heteroatoms. The summed E-state index contributed by atoms with van der Waals surface area (Å²) >= 11 is 0. The molecule has 6 nitrogen and oxygen atoms in total. The van der Waals surface area contributed by atoms with Gasteiger partial charge in [-0.25, -0.2) is 9.52 Å². The van der Waals surface area contributed by atoms with E-state index in [-0.39, 0.29) is 28.4 Å². The number of para-hydroxylation sites is 1. The van der Waals surface area contributed by atoms with Gasteiger partial charge in [0.2, 0.25) is 0 Å². The van der Waals surface area contributed by atoms with Crippen LogP contribution in [0, 0.1) is 6.92 Å². The monoisotopic (exact) mass is 502 g/mol. The molecule has 0 aliphatic carbocycles. The Morgan fingerprint density at radius 3 is 1.74 bits per heavy atom. The lowest BCUT2D eigenvalue weighted by molar-refractivity contribution is 0.255. The van der Waals surface area contributed by atoms with Crippen LogP contribution in [0.25, 0.3) is 0 Å². The molecule has 0 spiro atoms. The van der Waals surface area contributed by atoms with Crippen molar-refractivity contribution < 1.29 is 17.4 Å². The van der Waals surface area contributed by atoms with Gasteiger partial charge in [-0.3, -0.25) is 0 Å². The van der Waals surface area contributed by atoms with Crippen molar-refractivity contribution in [2.24, 2.45) is 0 Å². The van der Waals surface area contributed by atoms with Crippen molar-refractivity contribution in [3.63, 3.8) is 0 Å². The maximum absolute atomic E-state index is 13.0. The Morgan fingerprint density at radius 1 is 0.829 bits per heavy atom. The molecule has 0 fully saturated rings. The van der Waals surface area contributed by atoms with Crippen molar-refractivity contribution in [1.29, 1.82) is 0 Å². The molecule has 35 heavy (non-hydrogen) atoms. The fourth-order valence-electron chi connectivity index (χ4n) is 4.56. The highest BCUT2D eigenvalue weighted by molar-refractivity contribution is 7.85. The smallest absolute Gasteiger partial charge is 0.366 e. The number of nitrogens with one attached hydrogen (secondary N) is 2. The maximum Gasteiger partial charge on any atom is 0.411 e. The van der Waals surface area contributed by atoms with E-state index in [1.807, 2.05) is 84.4 Å². The Hall–Kier alpha value is -2.54. The number of hydrogen-bond acceptors (Lipinski definition) is 4. The third kappa shape index (κ3) is 7.00. The zero-order chi connectivity index (χ0) is 26.9. The Balaban J connectivity index is 2.42. The summed E-state index contributed by atoms with van der Waals surface area (Å²) in [5.41, 5.74) is 4.80. The number of aryl methyl sites for hydroxylation is 1. The van der Waals surface area contributed by atoms with Gasteiger partial charge >= 0.3 is 16.3 Å². The highest BCUT2D eigenvalue weighted by atomic mass is 32.2. The van der Waals surface area contributed by atoms with Crippen LogP contribution in [0.2, 0.25) is 0 Å². The number of urea groups is 1. The fraction of sp³-hybridized carbons (Fsp3) is 0.536. The Labute approximate surface area is 212 Å². The van der Waals surface area contributed by atoms with E-state index < -0.39 is 16.3 Å². The molecule has 194 valence electrons. The van der Waals surface area contributed by atoms with E-state index in [4.69, 9.17) is 4.18 Å². The Morgan fingerprint density at radius 2 is 1.31 bits per heavy atom. The first-order chi connectivity index (χ1) is 15.8. The molecular weight excluding hydrogens is 460 g/mol. The van der Waals surface area contributed by atoms with Crippen LogP contribution in [0.1, 0.15) is 109 Å². The van der Waals surface area contributed by atoms with Crippen LogP contribution >= 0.6 is 0 Å². The molecule has 2 aromatic rings. The van der Waals surface area contributed by atoms with E-state index in [0.29, 0.717) is 5.69 Å². The van der Waals surface area contributed by atoms with Crippen LogP contribution in [-0.4, -0.2) is 14.4 Å². The van der Waals surface area contributed by atoms with Crippen LogP contribution in [0.15, 0.2) is 30.3 Å². The molecule has 0 aliphatic rings. The van der Waals surface area contributed by atoms with Crippen molar-refractivity contribution in [3.05, 3.63) is 58.1 Å². The summed E-state index contributed by atoms with van der Waals surface area (Å²) in [6.07, 6.45) is 0. The summed E-state index contributed by atoms with van der Waals surface area (Å²) in [7, 11) is -4.44. The summed E-state index contributed by atoms with van der Waals surface area (Å²) in [4.78, 5) is 12.8. The van der Waals surface area contributed by atoms with Gasteiger partial charge in [-0.15, -0.1) is 0 Å². The minimum absolute atomic E-state index is 0.148. The van der Waals surface area contributed by atoms with Crippen molar-refractivity contribution >= 4 is 22.0 Å². The minimum atomic E-state index is -4.44. The minimum Gasteiger partial charge on any atom is -0.366 e. The topological polar surface area (TPSA) is 84.5 Å². The predicted octanol–water partition coefficient (Wildman–Crippen LogP) is 7.28. The molecule has 2 amide bonds. The standard InChI is InChI=1S/C28H42N2O4S/c1-17(2)20-13-12-14-21(18(3)4)25(20)29-26(31)30-35(32,33)34-22-16-15-19(5)23(27(6,7)8)24(22)28(9,10)11/h12-18H,1-11H3,(H2,29,30,31). The second-order valence-corrected chi connectivity index (χ2v) is 13.1. The number of carbonyl (C=O) groups is 1. The molecule has 0 radical (unpaired) electrons. The average Bonchev–Trinajstić information content (AvgIpc) is 2.66. The van der Waals surface area contributed by atoms with Crippen LogP contribution in [0.4, 0.5) is 10.5 Å². The lowest BCUT2D eigenvalue weighted by Crippen LogP contribution is -2.38. The zero-order valence-corrected chi connectivity index (χ0v) is 23.9. The van der Waals surface area contributed by atoms with E-state index in [1.165, 1.54) is 0 Å². The molecule has 0 aliphatic heterocycles. The van der Waals surface area contributed by atoms with Gasteiger partial charge in [-0.05, 0) is 57.9 Å². The Kier molecular flexibility index (Phi) is 8.37. The van der Waals surface area contributed by atoms with Crippen molar-refractivity contribution in [2.75, 3.05) is 5.32 Å². The molecule has 0 heterocycles. The first kappa shape index (κ1) is 28.7. The summed E-state index contributed by atoms with van der Waals surface area (Å²) in [5, 5.41) is 2.76. The number of carbonyl (C=O) groups excluding carboxylic acids is 1. The molecule has 2 aromatic carbocycles. The van der Waals surface area contributed by atoms with E-state index in [9.17, 15) is 13.2 Å². The number of benzene rings is 2. The molecule has 0 bridgehead atoms. The zero-order valence-electron chi connectivity index (χ0n) is 23.1. The highest BCUT2D eigenvalue weighted by Gasteiger charge is 2.32. The van der Waals surface area contributed by atoms with Crippen LogP contribution in [0.5, 0.6) is 5.75 Å². The molecule has 0 aromatic heterocycles. The van der Waals surface area contributed by atoms with Gasteiger partial charge in [-0.2, -0.15) is 8.42 Å². The molecule has 0 saturated carbocycles. The van der Waals surface area contributed by atoms with Crippen molar-refractivity contribution in [1.82, 2.24) is 4.72 Å². The number of hydrogen-bond donors (Lipinski definition) is 2.